The molecule has 1 unspecified atom stereocenters. The van der Waals surface area contributed by atoms with E-state index in [0.29, 0.717) is 19.0 Å². The second-order valence-corrected chi connectivity index (χ2v) is 6.70. The van der Waals surface area contributed by atoms with Crippen molar-refractivity contribution in [2.75, 3.05) is 46.8 Å². The first-order valence-electron chi connectivity index (χ1n) is 9.23. The van der Waals surface area contributed by atoms with Crippen LogP contribution in [0.15, 0.2) is 29.3 Å². The van der Waals surface area contributed by atoms with Crippen LogP contribution in [-0.2, 0) is 4.79 Å². The number of guanidine groups is 1. The molecule has 2 rings (SSSR count). The van der Waals surface area contributed by atoms with Gasteiger partial charge in [-0.05, 0) is 51.6 Å². The summed E-state index contributed by atoms with van der Waals surface area (Å²) in [5, 5.41) is 6.43. The summed E-state index contributed by atoms with van der Waals surface area (Å²) in [6.07, 6.45) is 2.15. The lowest BCUT2D eigenvalue weighted by atomic mass is 10.1. The maximum absolute atomic E-state index is 13.6. The maximum atomic E-state index is 13.6. The quantitative estimate of drug-likeness (QED) is 0.349. The largest absolute Gasteiger partial charge is 0.357 e. The zero-order valence-corrected chi connectivity index (χ0v) is 18.7. The third-order valence-electron chi connectivity index (χ3n) is 4.50. The molecule has 0 aliphatic carbocycles. The van der Waals surface area contributed by atoms with E-state index in [9.17, 15) is 9.18 Å². The van der Waals surface area contributed by atoms with E-state index in [1.165, 1.54) is 6.07 Å². The van der Waals surface area contributed by atoms with Gasteiger partial charge in [-0.15, -0.1) is 24.0 Å². The van der Waals surface area contributed by atoms with E-state index in [2.05, 4.69) is 15.6 Å². The van der Waals surface area contributed by atoms with Crippen LogP contribution in [0.3, 0.4) is 0 Å². The molecule has 152 valence electrons. The van der Waals surface area contributed by atoms with Crippen LogP contribution in [0.1, 0.15) is 31.4 Å². The number of nitrogens with one attached hydrogen (secondary N) is 2. The van der Waals surface area contributed by atoms with Crippen LogP contribution < -0.4 is 10.6 Å². The molecule has 1 aromatic carbocycles. The molecule has 1 amide bonds. The van der Waals surface area contributed by atoms with Gasteiger partial charge < -0.3 is 20.4 Å². The maximum Gasteiger partial charge on any atom is 0.244 e. The fourth-order valence-electron chi connectivity index (χ4n) is 3.06. The molecule has 0 saturated carbocycles. The second kappa shape index (κ2) is 12.1. The molecule has 1 aliphatic rings. The van der Waals surface area contributed by atoms with Gasteiger partial charge in [-0.3, -0.25) is 4.79 Å². The van der Waals surface area contributed by atoms with Crippen LogP contribution in [0.5, 0.6) is 0 Å². The second-order valence-electron chi connectivity index (χ2n) is 6.70. The van der Waals surface area contributed by atoms with Crippen molar-refractivity contribution in [3.8, 4) is 0 Å². The number of carbonyl (C=O) groups is 1. The normalized spacial score (nSPS) is 15.4. The van der Waals surface area contributed by atoms with Crippen molar-refractivity contribution in [3.63, 3.8) is 0 Å². The molecular formula is C19H31FIN5O. The Morgan fingerprint density at radius 1 is 1.30 bits per heavy atom. The minimum absolute atomic E-state index is 0. The Kier molecular flexibility index (Phi) is 10.6. The van der Waals surface area contributed by atoms with Gasteiger partial charge in [0.05, 0.1) is 6.04 Å². The van der Waals surface area contributed by atoms with E-state index in [0.717, 1.165) is 31.5 Å². The first-order chi connectivity index (χ1) is 12.5. The highest BCUT2D eigenvalue weighted by Crippen LogP contribution is 2.18. The van der Waals surface area contributed by atoms with Crippen molar-refractivity contribution in [2.24, 2.45) is 4.99 Å². The molecule has 0 aromatic heterocycles. The first kappa shape index (κ1) is 23.6. The smallest absolute Gasteiger partial charge is 0.244 e. The van der Waals surface area contributed by atoms with Crippen molar-refractivity contribution in [2.45, 2.75) is 25.8 Å². The Hall–Kier alpha value is -1.42. The number of likely N-dealkylation sites (N-methyl/N-ethyl adjacent to an activating group) is 1. The fourth-order valence-corrected chi connectivity index (χ4v) is 3.06. The van der Waals surface area contributed by atoms with Gasteiger partial charge in [0.2, 0.25) is 5.91 Å². The molecule has 1 heterocycles. The molecule has 0 radical (unpaired) electrons. The Bertz CT molecular complexity index is 620. The topological polar surface area (TPSA) is 60.0 Å². The SMILES string of the molecule is CCNC(=NCC(=O)N1CCCC1)NCC(c1cccc(F)c1)N(C)C.I. The molecular weight excluding hydrogens is 460 g/mol. The van der Waals surface area contributed by atoms with Crippen LogP contribution >= 0.6 is 24.0 Å². The minimum atomic E-state index is -0.244. The average Bonchev–Trinajstić information content (AvgIpc) is 3.14. The highest BCUT2D eigenvalue weighted by atomic mass is 127. The molecule has 1 aromatic rings. The van der Waals surface area contributed by atoms with Crippen LogP contribution in [-0.4, -0.2) is 68.5 Å². The molecule has 27 heavy (non-hydrogen) atoms. The predicted molar refractivity (Wildman–Crippen MR) is 118 cm³/mol. The van der Waals surface area contributed by atoms with Crippen LogP contribution in [0.25, 0.3) is 0 Å². The third-order valence-corrected chi connectivity index (χ3v) is 4.50. The highest BCUT2D eigenvalue weighted by Gasteiger charge is 2.18. The summed E-state index contributed by atoms with van der Waals surface area (Å²) in [7, 11) is 3.91. The number of carbonyl (C=O) groups excluding carboxylic acids is 1. The van der Waals surface area contributed by atoms with Gasteiger partial charge >= 0.3 is 0 Å². The van der Waals surface area contributed by atoms with Gasteiger partial charge in [-0.2, -0.15) is 0 Å². The van der Waals surface area contributed by atoms with Crippen molar-refractivity contribution in [1.82, 2.24) is 20.4 Å². The van der Waals surface area contributed by atoms with Gasteiger partial charge in [0, 0.05) is 26.2 Å². The van der Waals surface area contributed by atoms with E-state index in [-0.39, 0.29) is 48.3 Å². The van der Waals surface area contributed by atoms with Crippen LogP contribution in [0, 0.1) is 5.82 Å². The number of aliphatic imine (C=N–C) groups is 1. The number of halogens is 2. The summed E-state index contributed by atoms with van der Waals surface area (Å²) >= 11 is 0. The molecule has 0 bridgehead atoms. The highest BCUT2D eigenvalue weighted by molar-refractivity contribution is 14.0. The number of hydrogen-bond donors (Lipinski definition) is 2. The standard InChI is InChI=1S/C19H30FN5O.HI/c1-4-21-19(23-14-18(26)25-10-5-6-11-25)22-13-17(24(2)3)15-8-7-9-16(20)12-15;/h7-9,12,17H,4-6,10-11,13-14H2,1-3H3,(H2,21,22,23);1H. The average molecular weight is 491 g/mol. The van der Waals surface area contributed by atoms with Crippen LogP contribution in [0.2, 0.25) is 0 Å². The lowest BCUT2D eigenvalue weighted by Crippen LogP contribution is -2.42. The summed E-state index contributed by atoms with van der Waals surface area (Å²) in [6.45, 7) is 5.05. The fraction of sp³-hybridized carbons (Fsp3) is 0.579. The van der Waals surface area contributed by atoms with Gasteiger partial charge in [-0.1, -0.05) is 12.1 Å². The van der Waals surface area contributed by atoms with Crippen molar-refractivity contribution in [1.29, 1.82) is 0 Å². The number of likely N-dealkylation sites (tertiary alicyclic amines) is 1. The number of amides is 1. The minimum Gasteiger partial charge on any atom is -0.357 e. The third kappa shape index (κ3) is 7.61. The number of benzene rings is 1. The Labute approximate surface area is 178 Å². The van der Waals surface area contributed by atoms with E-state index in [4.69, 9.17) is 0 Å². The van der Waals surface area contributed by atoms with E-state index in [1.54, 1.807) is 12.1 Å². The van der Waals surface area contributed by atoms with Crippen molar-refractivity contribution in [3.05, 3.63) is 35.6 Å². The van der Waals surface area contributed by atoms with Crippen molar-refractivity contribution < 1.29 is 9.18 Å². The Morgan fingerprint density at radius 2 is 2.00 bits per heavy atom. The zero-order chi connectivity index (χ0) is 18.9. The summed E-state index contributed by atoms with van der Waals surface area (Å²) in [4.78, 5) is 20.5. The van der Waals surface area contributed by atoms with Gasteiger partial charge in [0.1, 0.15) is 12.4 Å². The summed E-state index contributed by atoms with van der Waals surface area (Å²) in [5.74, 6) is 0.420. The number of rotatable bonds is 7. The monoisotopic (exact) mass is 491 g/mol. The van der Waals surface area contributed by atoms with Crippen LogP contribution in [0.4, 0.5) is 4.39 Å². The number of hydrogen-bond acceptors (Lipinski definition) is 3. The predicted octanol–water partition coefficient (Wildman–Crippen LogP) is 2.22. The molecule has 1 aliphatic heterocycles. The molecule has 1 saturated heterocycles. The Morgan fingerprint density at radius 3 is 2.59 bits per heavy atom. The van der Waals surface area contributed by atoms with E-state index in [1.807, 2.05) is 36.9 Å². The van der Waals surface area contributed by atoms with E-state index >= 15 is 0 Å². The lowest BCUT2D eigenvalue weighted by Gasteiger charge is -2.26. The Balaban J connectivity index is 0.00000364. The molecule has 6 nitrogen and oxygen atoms in total. The zero-order valence-electron chi connectivity index (χ0n) is 16.4. The summed E-state index contributed by atoms with van der Waals surface area (Å²) < 4.78 is 13.6. The lowest BCUT2D eigenvalue weighted by molar-refractivity contribution is -0.128. The van der Waals surface area contributed by atoms with Gasteiger partial charge in [-0.25, -0.2) is 9.38 Å². The van der Waals surface area contributed by atoms with Gasteiger partial charge in [0.25, 0.3) is 0 Å². The summed E-state index contributed by atoms with van der Waals surface area (Å²) in [5.41, 5.74) is 0.895. The molecule has 2 N–H and O–H groups in total. The van der Waals surface area contributed by atoms with Crippen molar-refractivity contribution >= 4 is 35.8 Å². The first-order valence-corrected chi connectivity index (χ1v) is 9.23. The molecule has 1 fully saturated rings. The van der Waals surface area contributed by atoms with E-state index < -0.39 is 0 Å². The van der Waals surface area contributed by atoms with Gasteiger partial charge in [0.15, 0.2) is 5.96 Å². The molecule has 0 spiro atoms. The molecule has 1 atom stereocenters. The number of nitrogens with zero attached hydrogens (tertiary/aromatic N) is 3. The molecule has 8 heteroatoms. The summed E-state index contributed by atoms with van der Waals surface area (Å²) in [6, 6.07) is 6.61.